The van der Waals surface area contributed by atoms with Crippen LogP contribution < -0.4 is 15.0 Å². The first-order valence-electron chi connectivity index (χ1n) is 7.77. The lowest BCUT2D eigenvalue weighted by Gasteiger charge is -2.28. The van der Waals surface area contributed by atoms with E-state index in [1.165, 1.54) is 35.2 Å². The topological polar surface area (TPSA) is 109 Å². The van der Waals surface area contributed by atoms with Crippen LogP contribution in [0.1, 0.15) is 11.5 Å². The van der Waals surface area contributed by atoms with E-state index in [1.807, 2.05) is 0 Å². The van der Waals surface area contributed by atoms with Crippen molar-refractivity contribution < 1.29 is 28.6 Å². The maximum Gasteiger partial charge on any atom is 0.341 e. The minimum atomic E-state index is -1.10. The number of rotatable bonds is 5. The molecule has 2 heterocycles. The van der Waals surface area contributed by atoms with Gasteiger partial charge in [-0.1, -0.05) is 0 Å². The quantitative estimate of drug-likeness (QED) is 0.459. The van der Waals surface area contributed by atoms with Crippen LogP contribution in [0.3, 0.4) is 0 Å². The van der Waals surface area contributed by atoms with E-state index < -0.39 is 24.4 Å². The number of hydrogen-bond donors (Lipinski definition) is 2. The average molecular weight is 386 g/mol. The van der Waals surface area contributed by atoms with Gasteiger partial charge in [-0.2, -0.15) is 0 Å². The van der Waals surface area contributed by atoms with Crippen molar-refractivity contribution in [1.29, 1.82) is 0 Å². The number of aliphatic carboxylic acids is 1. The second kappa shape index (κ2) is 7.42. The summed E-state index contributed by atoms with van der Waals surface area (Å²) < 4.78 is 10.4. The molecule has 1 aromatic carbocycles. The first-order chi connectivity index (χ1) is 12.8. The second-order valence-electron chi connectivity index (χ2n) is 5.58. The predicted molar refractivity (Wildman–Crippen MR) is 99.2 cm³/mol. The van der Waals surface area contributed by atoms with Gasteiger partial charge in [0.15, 0.2) is 11.7 Å². The highest BCUT2D eigenvalue weighted by atomic mass is 32.1. The van der Waals surface area contributed by atoms with Gasteiger partial charge < -0.3 is 14.3 Å². The van der Waals surface area contributed by atoms with Gasteiger partial charge in [0.25, 0.3) is 11.8 Å². The summed E-state index contributed by atoms with van der Waals surface area (Å²) in [6, 6.07) is 9.44. The fourth-order valence-electron chi connectivity index (χ4n) is 2.40. The van der Waals surface area contributed by atoms with Crippen molar-refractivity contribution in [1.82, 2.24) is 5.32 Å². The lowest BCUT2D eigenvalue weighted by molar-refractivity contribution is -0.139. The Bertz CT molecular complexity index is 960. The first kappa shape index (κ1) is 18.3. The number of thiocarbonyl (C=S) groups is 1. The van der Waals surface area contributed by atoms with E-state index in [2.05, 4.69) is 5.32 Å². The Labute approximate surface area is 159 Å². The zero-order valence-corrected chi connectivity index (χ0v) is 14.9. The average Bonchev–Trinajstić information content (AvgIpc) is 3.03. The van der Waals surface area contributed by atoms with Crippen molar-refractivity contribution in [2.75, 3.05) is 11.5 Å². The highest BCUT2D eigenvalue weighted by Gasteiger charge is 2.34. The third-order valence-electron chi connectivity index (χ3n) is 3.61. The van der Waals surface area contributed by atoms with Crippen molar-refractivity contribution >= 4 is 46.9 Å². The summed E-state index contributed by atoms with van der Waals surface area (Å²) in [4.78, 5) is 36.7. The fourth-order valence-corrected chi connectivity index (χ4v) is 2.68. The van der Waals surface area contributed by atoms with Gasteiger partial charge in [0, 0.05) is 0 Å². The number of anilines is 1. The van der Waals surface area contributed by atoms with Crippen LogP contribution in [-0.2, 0) is 14.4 Å². The number of nitrogens with one attached hydrogen (secondary N) is 1. The number of ether oxygens (including phenoxy) is 1. The number of hydrogen-bond acceptors (Lipinski definition) is 6. The standard InChI is InChI=1S/C18H14N2O6S/c1-10-2-5-13(26-10)8-14-16(23)19-18(27)20(17(14)24)11-3-6-12(7-4-11)25-9-15(21)22/h2-8H,9H2,1H3,(H,21,22)(H,19,23,27). The Hall–Kier alpha value is -3.46. The van der Waals surface area contributed by atoms with Gasteiger partial charge >= 0.3 is 5.97 Å². The van der Waals surface area contributed by atoms with E-state index in [4.69, 9.17) is 26.5 Å². The molecule has 0 radical (unpaired) electrons. The molecule has 0 bridgehead atoms. The second-order valence-corrected chi connectivity index (χ2v) is 5.97. The molecule has 1 fully saturated rings. The summed E-state index contributed by atoms with van der Waals surface area (Å²) in [7, 11) is 0. The number of nitrogens with zero attached hydrogens (tertiary/aromatic N) is 1. The summed E-state index contributed by atoms with van der Waals surface area (Å²) in [6.45, 7) is 1.27. The van der Waals surface area contributed by atoms with Gasteiger partial charge in [-0.25, -0.2) is 4.79 Å². The van der Waals surface area contributed by atoms with Crippen LogP contribution in [0.2, 0.25) is 0 Å². The minimum Gasteiger partial charge on any atom is -0.482 e. The predicted octanol–water partition coefficient (Wildman–Crippen LogP) is 1.88. The molecule has 0 saturated carbocycles. The largest absolute Gasteiger partial charge is 0.482 e. The third-order valence-corrected chi connectivity index (χ3v) is 3.89. The highest BCUT2D eigenvalue weighted by molar-refractivity contribution is 7.80. The number of benzene rings is 1. The third kappa shape index (κ3) is 4.04. The van der Waals surface area contributed by atoms with Gasteiger partial charge in [0.05, 0.1) is 5.69 Å². The molecule has 1 aliphatic rings. The summed E-state index contributed by atoms with van der Waals surface area (Å²) in [6.07, 6.45) is 1.35. The van der Waals surface area contributed by atoms with Gasteiger partial charge in [-0.3, -0.25) is 19.8 Å². The number of furan rings is 1. The van der Waals surface area contributed by atoms with Crippen LogP contribution in [0.15, 0.2) is 46.4 Å². The molecule has 1 aliphatic heterocycles. The molecular formula is C18H14N2O6S. The summed E-state index contributed by atoms with van der Waals surface area (Å²) in [5, 5.41) is 11.0. The molecule has 9 heteroatoms. The van der Waals surface area contributed by atoms with Crippen molar-refractivity contribution in [2.24, 2.45) is 0 Å². The van der Waals surface area contributed by atoms with Crippen molar-refractivity contribution in [3.05, 3.63) is 53.5 Å². The molecule has 3 rings (SSSR count). The summed E-state index contributed by atoms with van der Waals surface area (Å²) in [5.74, 6) is -0.973. The molecule has 1 saturated heterocycles. The Balaban J connectivity index is 1.87. The highest BCUT2D eigenvalue weighted by Crippen LogP contribution is 2.24. The Morgan fingerprint density at radius 1 is 1.26 bits per heavy atom. The Kier molecular flexibility index (Phi) is 5.04. The zero-order valence-electron chi connectivity index (χ0n) is 14.1. The molecule has 1 aromatic heterocycles. The van der Waals surface area contributed by atoms with Crippen LogP contribution >= 0.6 is 12.2 Å². The molecular weight excluding hydrogens is 372 g/mol. The molecule has 138 valence electrons. The van der Waals surface area contributed by atoms with Crippen molar-refractivity contribution in [2.45, 2.75) is 6.92 Å². The zero-order chi connectivity index (χ0) is 19.6. The van der Waals surface area contributed by atoms with E-state index in [0.717, 1.165) is 0 Å². The molecule has 0 aliphatic carbocycles. The normalized spacial score (nSPS) is 15.8. The lowest BCUT2D eigenvalue weighted by atomic mass is 10.1. The monoisotopic (exact) mass is 386 g/mol. The number of carbonyl (C=O) groups is 3. The summed E-state index contributed by atoms with van der Waals surface area (Å²) >= 11 is 5.12. The maximum atomic E-state index is 12.8. The first-order valence-corrected chi connectivity index (χ1v) is 8.18. The number of carbonyl (C=O) groups excluding carboxylic acids is 2. The van der Waals surface area contributed by atoms with Crippen LogP contribution in [-0.4, -0.2) is 34.6 Å². The molecule has 0 unspecified atom stereocenters. The van der Waals surface area contributed by atoms with Crippen LogP contribution in [0, 0.1) is 6.92 Å². The molecule has 27 heavy (non-hydrogen) atoms. The van der Waals surface area contributed by atoms with E-state index in [-0.39, 0.29) is 10.7 Å². The van der Waals surface area contributed by atoms with Gasteiger partial charge in [-0.05, 0) is 61.6 Å². The van der Waals surface area contributed by atoms with E-state index in [9.17, 15) is 14.4 Å². The SMILES string of the molecule is Cc1ccc(C=C2C(=O)NC(=S)N(c3ccc(OCC(=O)O)cc3)C2=O)o1. The van der Waals surface area contributed by atoms with Gasteiger partial charge in [-0.15, -0.1) is 0 Å². The van der Waals surface area contributed by atoms with Crippen LogP contribution in [0.5, 0.6) is 5.75 Å². The molecule has 0 spiro atoms. The van der Waals surface area contributed by atoms with Crippen molar-refractivity contribution in [3.8, 4) is 5.75 Å². The minimum absolute atomic E-state index is 0.0584. The smallest absolute Gasteiger partial charge is 0.341 e. The van der Waals surface area contributed by atoms with Crippen molar-refractivity contribution in [3.63, 3.8) is 0 Å². The summed E-state index contributed by atoms with van der Waals surface area (Å²) in [5.41, 5.74) is 0.276. The fraction of sp³-hybridized carbons (Fsp3) is 0.111. The van der Waals surface area contributed by atoms with Gasteiger partial charge in [0.2, 0.25) is 0 Å². The molecule has 0 atom stereocenters. The number of aryl methyl sites for hydroxylation is 1. The van der Waals surface area contributed by atoms with Gasteiger partial charge in [0.1, 0.15) is 22.8 Å². The molecule has 2 aromatic rings. The number of carboxylic acid groups (broad SMARTS) is 1. The van der Waals surface area contributed by atoms with Crippen LogP contribution in [0.4, 0.5) is 5.69 Å². The Morgan fingerprint density at radius 2 is 1.96 bits per heavy atom. The number of amides is 2. The van der Waals surface area contributed by atoms with Crippen LogP contribution in [0.25, 0.3) is 6.08 Å². The van der Waals surface area contributed by atoms with E-state index >= 15 is 0 Å². The number of carboxylic acids is 1. The van der Waals surface area contributed by atoms with E-state index in [1.54, 1.807) is 19.1 Å². The molecule has 2 N–H and O–H groups in total. The lowest BCUT2D eigenvalue weighted by Crippen LogP contribution is -2.54. The maximum absolute atomic E-state index is 12.8. The van der Waals surface area contributed by atoms with E-state index in [0.29, 0.717) is 23.0 Å². The Morgan fingerprint density at radius 3 is 2.56 bits per heavy atom. The molecule has 8 nitrogen and oxygen atoms in total. The molecule has 2 amide bonds.